The van der Waals surface area contributed by atoms with Crippen molar-refractivity contribution >= 4 is 0 Å². The molecule has 0 aliphatic rings. The molecule has 2 N–H and O–H groups in total. The number of methoxy groups -OCH3 is 1. The van der Waals surface area contributed by atoms with Crippen LogP contribution in [0.3, 0.4) is 0 Å². The molecule has 19 heavy (non-hydrogen) atoms. The van der Waals surface area contributed by atoms with Gasteiger partial charge in [0.2, 0.25) is 5.88 Å². The van der Waals surface area contributed by atoms with Gasteiger partial charge >= 0.3 is 0 Å². The minimum atomic E-state index is -0.425. The summed E-state index contributed by atoms with van der Waals surface area (Å²) in [7, 11) is 1.53. The fourth-order valence-corrected chi connectivity index (χ4v) is 1.74. The SMILES string of the molecule is COc1ncccc1COc1c(F)cccc1CN. The number of hydrogen-bond donors (Lipinski definition) is 1. The topological polar surface area (TPSA) is 57.4 Å². The van der Waals surface area contributed by atoms with Gasteiger partial charge in [0.1, 0.15) is 6.61 Å². The Morgan fingerprint density at radius 3 is 2.74 bits per heavy atom. The van der Waals surface area contributed by atoms with E-state index in [1.54, 1.807) is 24.4 Å². The number of nitrogens with two attached hydrogens (primary N) is 1. The van der Waals surface area contributed by atoms with Crippen molar-refractivity contribution in [3.8, 4) is 11.6 Å². The fourth-order valence-electron chi connectivity index (χ4n) is 1.74. The zero-order chi connectivity index (χ0) is 13.7. The Hall–Kier alpha value is -2.14. The second kappa shape index (κ2) is 6.15. The predicted molar refractivity (Wildman–Crippen MR) is 69.4 cm³/mol. The highest BCUT2D eigenvalue weighted by Gasteiger charge is 2.10. The maximum absolute atomic E-state index is 13.7. The molecule has 5 heteroatoms. The lowest BCUT2D eigenvalue weighted by molar-refractivity contribution is 0.277. The highest BCUT2D eigenvalue weighted by atomic mass is 19.1. The summed E-state index contributed by atoms with van der Waals surface area (Å²) in [6.45, 7) is 0.391. The first-order chi connectivity index (χ1) is 9.26. The molecule has 0 atom stereocenters. The molecule has 0 spiro atoms. The van der Waals surface area contributed by atoms with E-state index < -0.39 is 5.82 Å². The van der Waals surface area contributed by atoms with Crippen LogP contribution in [0, 0.1) is 5.82 Å². The number of hydrogen-bond acceptors (Lipinski definition) is 4. The van der Waals surface area contributed by atoms with Gasteiger partial charge in [-0.1, -0.05) is 12.1 Å². The van der Waals surface area contributed by atoms with Crippen molar-refractivity contribution in [3.05, 3.63) is 53.5 Å². The molecule has 0 aliphatic heterocycles. The number of ether oxygens (including phenoxy) is 2. The summed E-state index contributed by atoms with van der Waals surface area (Å²) < 4.78 is 24.3. The summed E-state index contributed by atoms with van der Waals surface area (Å²) in [4.78, 5) is 4.05. The Kier molecular flexibility index (Phi) is 4.30. The maximum Gasteiger partial charge on any atom is 0.219 e. The summed E-state index contributed by atoms with van der Waals surface area (Å²) in [5, 5.41) is 0. The van der Waals surface area contributed by atoms with Gasteiger partial charge in [-0.25, -0.2) is 9.37 Å². The van der Waals surface area contributed by atoms with E-state index in [9.17, 15) is 4.39 Å². The molecule has 0 aliphatic carbocycles. The van der Waals surface area contributed by atoms with Gasteiger partial charge < -0.3 is 15.2 Å². The summed E-state index contributed by atoms with van der Waals surface area (Å²) >= 11 is 0. The predicted octanol–water partition coefficient (Wildman–Crippen LogP) is 2.27. The second-order valence-electron chi connectivity index (χ2n) is 3.89. The van der Waals surface area contributed by atoms with E-state index >= 15 is 0 Å². The third-order valence-electron chi connectivity index (χ3n) is 2.68. The summed E-state index contributed by atoms with van der Waals surface area (Å²) in [5.74, 6) is 0.217. The standard InChI is InChI=1S/C14H15FN2O2/c1-18-14-11(5-3-7-17-14)9-19-13-10(8-16)4-2-6-12(13)15/h2-7H,8-9,16H2,1H3. The zero-order valence-corrected chi connectivity index (χ0v) is 10.6. The van der Waals surface area contributed by atoms with Crippen LogP contribution in [-0.2, 0) is 13.2 Å². The summed E-state index contributed by atoms with van der Waals surface area (Å²) in [6.07, 6.45) is 1.62. The van der Waals surface area contributed by atoms with Crippen molar-refractivity contribution in [2.45, 2.75) is 13.2 Å². The number of nitrogens with zero attached hydrogens (tertiary/aromatic N) is 1. The Bertz CT molecular complexity index is 561. The number of pyridine rings is 1. The third-order valence-corrected chi connectivity index (χ3v) is 2.68. The lowest BCUT2D eigenvalue weighted by Crippen LogP contribution is -2.06. The van der Waals surface area contributed by atoms with E-state index in [4.69, 9.17) is 15.2 Å². The Labute approximate surface area is 111 Å². The second-order valence-corrected chi connectivity index (χ2v) is 3.89. The monoisotopic (exact) mass is 262 g/mol. The van der Waals surface area contributed by atoms with Crippen molar-refractivity contribution in [3.63, 3.8) is 0 Å². The molecule has 0 unspecified atom stereocenters. The van der Waals surface area contributed by atoms with Crippen LogP contribution in [0.15, 0.2) is 36.5 Å². The normalized spacial score (nSPS) is 10.3. The number of rotatable bonds is 5. The van der Waals surface area contributed by atoms with Crippen molar-refractivity contribution in [2.24, 2.45) is 5.73 Å². The van der Waals surface area contributed by atoms with E-state index in [0.717, 1.165) is 5.56 Å². The lowest BCUT2D eigenvalue weighted by atomic mass is 10.2. The molecule has 0 fully saturated rings. The molecule has 2 rings (SSSR count). The lowest BCUT2D eigenvalue weighted by Gasteiger charge is -2.12. The van der Waals surface area contributed by atoms with E-state index in [1.807, 2.05) is 6.07 Å². The number of para-hydroxylation sites is 1. The van der Waals surface area contributed by atoms with Crippen LogP contribution >= 0.6 is 0 Å². The van der Waals surface area contributed by atoms with Crippen molar-refractivity contribution in [1.29, 1.82) is 0 Å². The van der Waals surface area contributed by atoms with Crippen molar-refractivity contribution in [1.82, 2.24) is 4.98 Å². The molecule has 1 aromatic heterocycles. The third kappa shape index (κ3) is 3.00. The number of aromatic nitrogens is 1. The smallest absolute Gasteiger partial charge is 0.219 e. The molecule has 0 radical (unpaired) electrons. The van der Waals surface area contributed by atoms with E-state index in [2.05, 4.69) is 4.98 Å². The molecule has 0 amide bonds. The van der Waals surface area contributed by atoms with Gasteiger partial charge in [-0.3, -0.25) is 0 Å². The van der Waals surface area contributed by atoms with Crippen LogP contribution in [0.25, 0.3) is 0 Å². The highest BCUT2D eigenvalue weighted by Crippen LogP contribution is 2.24. The van der Waals surface area contributed by atoms with Crippen LogP contribution in [0.4, 0.5) is 4.39 Å². The van der Waals surface area contributed by atoms with Crippen LogP contribution in [0.2, 0.25) is 0 Å². The van der Waals surface area contributed by atoms with Gasteiger partial charge in [0.15, 0.2) is 11.6 Å². The molecule has 0 saturated carbocycles. The molecule has 4 nitrogen and oxygen atoms in total. The van der Waals surface area contributed by atoms with Crippen LogP contribution in [-0.4, -0.2) is 12.1 Å². The Morgan fingerprint density at radius 2 is 2.00 bits per heavy atom. The van der Waals surface area contributed by atoms with E-state index in [1.165, 1.54) is 13.2 Å². The first-order valence-electron chi connectivity index (χ1n) is 5.84. The van der Waals surface area contributed by atoms with Crippen LogP contribution in [0.5, 0.6) is 11.6 Å². The first kappa shape index (κ1) is 13.3. The molecule has 1 heterocycles. The molecule has 0 saturated heterocycles. The van der Waals surface area contributed by atoms with Gasteiger partial charge in [0, 0.05) is 18.3 Å². The van der Waals surface area contributed by atoms with Crippen LogP contribution < -0.4 is 15.2 Å². The molecule has 1 aromatic carbocycles. The first-order valence-corrected chi connectivity index (χ1v) is 5.84. The average Bonchev–Trinajstić information content (AvgIpc) is 2.46. The average molecular weight is 262 g/mol. The van der Waals surface area contributed by atoms with Crippen molar-refractivity contribution < 1.29 is 13.9 Å². The molecule has 2 aromatic rings. The van der Waals surface area contributed by atoms with Gasteiger partial charge in [-0.15, -0.1) is 0 Å². The largest absolute Gasteiger partial charge is 0.485 e. The Balaban J connectivity index is 2.19. The van der Waals surface area contributed by atoms with Crippen LogP contribution in [0.1, 0.15) is 11.1 Å². The molecular weight excluding hydrogens is 247 g/mol. The molecular formula is C14H15FN2O2. The van der Waals surface area contributed by atoms with Gasteiger partial charge in [-0.2, -0.15) is 0 Å². The van der Waals surface area contributed by atoms with Gasteiger partial charge in [0.05, 0.1) is 12.7 Å². The number of benzene rings is 1. The number of halogens is 1. The molecule has 100 valence electrons. The zero-order valence-electron chi connectivity index (χ0n) is 10.6. The Morgan fingerprint density at radius 1 is 1.21 bits per heavy atom. The fraction of sp³-hybridized carbons (Fsp3) is 0.214. The maximum atomic E-state index is 13.7. The van der Waals surface area contributed by atoms with Gasteiger partial charge in [-0.05, 0) is 18.2 Å². The summed E-state index contributed by atoms with van der Waals surface area (Å²) in [6, 6.07) is 8.27. The summed E-state index contributed by atoms with van der Waals surface area (Å²) in [5.41, 5.74) is 6.94. The minimum absolute atomic E-state index is 0.172. The van der Waals surface area contributed by atoms with E-state index in [-0.39, 0.29) is 18.9 Å². The highest BCUT2D eigenvalue weighted by molar-refractivity contribution is 5.35. The minimum Gasteiger partial charge on any atom is -0.485 e. The van der Waals surface area contributed by atoms with Crippen molar-refractivity contribution in [2.75, 3.05) is 7.11 Å². The molecule has 0 bridgehead atoms. The quantitative estimate of drug-likeness (QED) is 0.898. The van der Waals surface area contributed by atoms with E-state index in [0.29, 0.717) is 11.4 Å². The van der Waals surface area contributed by atoms with Gasteiger partial charge in [0.25, 0.3) is 0 Å².